The minimum atomic E-state index is -1.10. The molecule has 4 aromatic rings. The Bertz CT molecular complexity index is 1240. The number of benzene rings is 1. The number of pyridine rings is 1. The molecule has 0 aliphatic carbocycles. The van der Waals surface area contributed by atoms with E-state index in [1.807, 2.05) is 35.1 Å². The van der Waals surface area contributed by atoms with Gasteiger partial charge in [0.2, 0.25) is 0 Å². The first kappa shape index (κ1) is 21.9. The fourth-order valence-electron chi connectivity index (χ4n) is 3.31. The summed E-state index contributed by atoms with van der Waals surface area (Å²) in [6.45, 7) is 8.22. The molecule has 0 saturated carbocycles. The molecule has 0 N–H and O–H groups in total. The monoisotopic (exact) mass is 449 g/mol. The third-order valence-corrected chi connectivity index (χ3v) is 6.80. The molecular weight excluding hydrogens is 422 g/mol. The molecule has 3 aromatic heterocycles. The van der Waals surface area contributed by atoms with Crippen LogP contribution in [0.1, 0.15) is 10.4 Å². The summed E-state index contributed by atoms with van der Waals surface area (Å²) in [6, 6.07) is 12.4. The second-order valence-electron chi connectivity index (χ2n) is 8.81. The van der Waals surface area contributed by atoms with Gasteiger partial charge < -0.3 is 9.47 Å². The third-order valence-electron chi connectivity index (χ3n) is 5.10. The average molecular weight is 450 g/mol. The fraction of sp³-hybridized carbons (Fsp3) is 0.304. The van der Waals surface area contributed by atoms with Gasteiger partial charge in [0.1, 0.15) is 6.73 Å². The molecule has 0 radical (unpaired) electrons. The number of nitrogens with zero attached hydrogens (tertiary/aromatic N) is 5. The molecule has 0 unspecified atom stereocenters. The minimum Gasteiger partial charge on any atom is -0.465 e. The number of methoxy groups -OCH3 is 1. The van der Waals surface area contributed by atoms with Crippen LogP contribution in [-0.2, 0) is 16.2 Å². The van der Waals surface area contributed by atoms with E-state index in [9.17, 15) is 4.79 Å². The number of hydrogen-bond donors (Lipinski definition) is 0. The van der Waals surface area contributed by atoms with Crippen molar-refractivity contribution in [3.8, 4) is 17.1 Å². The molecular formula is C23H27N5O3Si. The van der Waals surface area contributed by atoms with E-state index in [-0.39, 0.29) is 0 Å². The lowest BCUT2D eigenvalue weighted by molar-refractivity contribution is 0.0600. The van der Waals surface area contributed by atoms with Gasteiger partial charge in [-0.05, 0) is 30.3 Å². The van der Waals surface area contributed by atoms with Crippen LogP contribution < -0.4 is 0 Å². The van der Waals surface area contributed by atoms with Crippen LogP contribution in [-0.4, -0.2) is 52.3 Å². The topological polar surface area (TPSA) is 84.1 Å². The zero-order chi connectivity index (χ0) is 22.7. The fourth-order valence-corrected chi connectivity index (χ4v) is 4.07. The lowest BCUT2D eigenvalue weighted by Crippen LogP contribution is -2.22. The second kappa shape index (κ2) is 9.05. The average Bonchev–Trinajstić information content (AvgIpc) is 3.42. The molecule has 3 heterocycles. The smallest absolute Gasteiger partial charge is 0.338 e. The van der Waals surface area contributed by atoms with E-state index < -0.39 is 14.0 Å². The van der Waals surface area contributed by atoms with Crippen molar-refractivity contribution in [1.82, 2.24) is 24.5 Å². The van der Waals surface area contributed by atoms with Gasteiger partial charge in [-0.1, -0.05) is 31.8 Å². The van der Waals surface area contributed by atoms with Crippen molar-refractivity contribution in [2.24, 2.45) is 0 Å². The van der Waals surface area contributed by atoms with Gasteiger partial charge in [-0.25, -0.2) is 19.1 Å². The van der Waals surface area contributed by atoms with Gasteiger partial charge in [0.25, 0.3) is 0 Å². The zero-order valence-electron chi connectivity index (χ0n) is 18.8. The molecule has 166 valence electrons. The summed E-state index contributed by atoms with van der Waals surface area (Å²) in [4.78, 5) is 16.3. The Morgan fingerprint density at radius 2 is 1.94 bits per heavy atom. The number of fused-ring (bicyclic) bond motifs is 1. The zero-order valence-corrected chi connectivity index (χ0v) is 19.8. The number of rotatable bonds is 8. The maximum absolute atomic E-state index is 11.9. The highest BCUT2D eigenvalue weighted by molar-refractivity contribution is 6.76. The summed E-state index contributed by atoms with van der Waals surface area (Å²) in [5.41, 5.74) is 3.09. The molecule has 0 fully saturated rings. The summed E-state index contributed by atoms with van der Waals surface area (Å²) in [5.74, 6) is 0.121. The van der Waals surface area contributed by atoms with Crippen molar-refractivity contribution in [3.63, 3.8) is 0 Å². The Labute approximate surface area is 187 Å². The van der Waals surface area contributed by atoms with Crippen LogP contribution in [0.3, 0.4) is 0 Å². The van der Waals surface area contributed by atoms with E-state index in [1.165, 1.54) is 7.11 Å². The van der Waals surface area contributed by atoms with Gasteiger partial charge in [-0.3, -0.25) is 0 Å². The molecule has 0 spiro atoms. The van der Waals surface area contributed by atoms with Crippen molar-refractivity contribution < 1.29 is 14.3 Å². The molecule has 0 aliphatic rings. The maximum atomic E-state index is 11.9. The van der Waals surface area contributed by atoms with Gasteiger partial charge >= 0.3 is 5.97 Å². The van der Waals surface area contributed by atoms with Gasteiger partial charge in [-0.15, -0.1) is 0 Å². The first-order valence-corrected chi connectivity index (χ1v) is 14.2. The van der Waals surface area contributed by atoms with Gasteiger partial charge in [0.05, 0.1) is 30.1 Å². The van der Waals surface area contributed by atoms with Gasteiger partial charge in [0.15, 0.2) is 5.82 Å². The molecule has 8 nitrogen and oxygen atoms in total. The first-order valence-electron chi connectivity index (χ1n) is 10.5. The van der Waals surface area contributed by atoms with Crippen LogP contribution in [0.4, 0.5) is 0 Å². The standard InChI is InChI=1S/C23H27N5O3Si/c1-30-23(29)18-7-9-24-22(14-18)28-21(8-10-25-28)17-5-6-19-15-27(26-20(19)13-17)16-31-11-12-32(2,3)4/h5-10,13-15H,11-12,16H2,1-4H3. The van der Waals surface area contributed by atoms with Crippen molar-refractivity contribution in [3.05, 3.63) is 60.6 Å². The minimum absolute atomic E-state index is 0.415. The third kappa shape index (κ3) is 4.95. The van der Waals surface area contributed by atoms with Crippen molar-refractivity contribution in [1.29, 1.82) is 0 Å². The van der Waals surface area contributed by atoms with Crippen LogP contribution in [0.2, 0.25) is 25.7 Å². The van der Waals surface area contributed by atoms with Gasteiger partial charge in [0, 0.05) is 38.0 Å². The number of hydrogen-bond acceptors (Lipinski definition) is 6. The second-order valence-corrected chi connectivity index (χ2v) is 14.4. The molecule has 0 bridgehead atoms. The molecule has 0 atom stereocenters. The largest absolute Gasteiger partial charge is 0.465 e. The predicted octanol–water partition coefficient (Wildman–Crippen LogP) is 4.38. The number of esters is 1. The van der Waals surface area contributed by atoms with Gasteiger partial charge in [-0.2, -0.15) is 10.2 Å². The van der Waals surface area contributed by atoms with Crippen LogP contribution in [0.15, 0.2) is 55.0 Å². The SMILES string of the molecule is COC(=O)c1ccnc(-n2nccc2-c2ccc3cn(COCC[Si](C)(C)C)nc3c2)c1. The summed E-state index contributed by atoms with van der Waals surface area (Å²) >= 11 is 0. The molecule has 4 rings (SSSR count). The van der Waals surface area contributed by atoms with Crippen LogP contribution >= 0.6 is 0 Å². The Morgan fingerprint density at radius 1 is 1.09 bits per heavy atom. The lowest BCUT2D eigenvalue weighted by Gasteiger charge is -2.15. The number of ether oxygens (including phenoxy) is 2. The summed E-state index contributed by atoms with van der Waals surface area (Å²) in [6.07, 6.45) is 5.27. The molecule has 0 aliphatic heterocycles. The van der Waals surface area contributed by atoms with E-state index >= 15 is 0 Å². The van der Waals surface area contributed by atoms with Crippen LogP contribution in [0.25, 0.3) is 28.0 Å². The van der Waals surface area contributed by atoms with Crippen LogP contribution in [0, 0.1) is 0 Å². The molecule has 0 amide bonds. The predicted molar refractivity (Wildman–Crippen MR) is 126 cm³/mol. The quantitative estimate of drug-likeness (QED) is 0.225. The Hall–Kier alpha value is -3.30. The maximum Gasteiger partial charge on any atom is 0.338 e. The van der Waals surface area contributed by atoms with Crippen LogP contribution in [0.5, 0.6) is 0 Å². The number of aromatic nitrogens is 5. The summed E-state index contributed by atoms with van der Waals surface area (Å²) in [7, 11) is 0.250. The molecule has 1 aromatic carbocycles. The molecule has 9 heteroatoms. The molecule has 0 saturated heterocycles. The summed E-state index contributed by atoms with van der Waals surface area (Å²) in [5, 5.41) is 10.1. The Balaban J connectivity index is 1.56. The summed E-state index contributed by atoms with van der Waals surface area (Å²) < 4.78 is 14.2. The molecule has 32 heavy (non-hydrogen) atoms. The number of carbonyl (C=O) groups excluding carboxylic acids is 1. The highest BCUT2D eigenvalue weighted by Crippen LogP contribution is 2.25. The highest BCUT2D eigenvalue weighted by atomic mass is 28.3. The van der Waals surface area contributed by atoms with Crippen molar-refractivity contribution in [2.45, 2.75) is 32.4 Å². The highest BCUT2D eigenvalue weighted by Gasteiger charge is 2.14. The van der Waals surface area contributed by atoms with E-state index in [4.69, 9.17) is 9.47 Å². The Kier molecular flexibility index (Phi) is 6.20. The lowest BCUT2D eigenvalue weighted by atomic mass is 10.1. The first-order chi connectivity index (χ1) is 15.3. The number of carbonyl (C=O) groups is 1. The normalized spacial score (nSPS) is 11.8. The van der Waals surface area contributed by atoms with E-state index in [0.29, 0.717) is 18.1 Å². The van der Waals surface area contributed by atoms with E-state index in [0.717, 1.165) is 34.8 Å². The van der Waals surface area contributed by atoms with E-state index in [2.05, 4.69) is 34.8 Å². The van der Waals surface area contributed by atoms with Crippen molar-refractivity contribution >= 4 is 24.9 Å². The van der Waals surface area contributed by atoms with E-state index in [1.54, 1.807) is 29.2 Å². The Morgan fingerprint density at radius 3 is 2.72 bits per heavy atom. The van der Waals surface area contributed by atoms with Crippen molar-refractivity contribution in [2.75, 3.05) is 13.7 Å².